The molecule has 0 fully saturated rings. The first kappa shape index (κ1) is 24.1. The van der Waals surface area contributed by atoms with Crippen molar-refractivity contribution in [3.8, 4) is 0 Å². The van der Waals surface area contributed by atoms with E-state index in [0.717, 1.165) is 22.6 Å². The second-order valence-corrected chi connectivity index (χ2v) is 15.9. The molecule has 0 bridgehead atoms. The summed E-state index contributed by atoms with van der Waals surface area (Å²) in [5, 5.41) is 21.2. The number of aliphatic hydroxyl groups is 2. The lowest BCUT2D eigenvalue weighted by molar-refractivity contribution is 0.274. The van der Waals surface area contributed by atoms with Crippen LogP contribution in [0.5, 0.6) is 0 Å². The van der Waals surface area contributed by atoms with Crippen LogP contribution in [0.3, 0.4) is 0 Å². The summed E-state index contributed by atoms with van der Waals surface area (Å²) in [7, 11) is 7.33. The van der Waals surface area contributed by atoms with Gasteiger partial charge in [-0.25, -0.2) is 0 Å². The van der Waals surface area contributed by atoms with Crippen LogP contribution in [0.25, 0.3) is 12.2 Å². The Kier molecular flexibility index (Phi) is 7.26. The summed E-state index contributed by atoms with van der Waals surface area (Å²) in [6, 6.07) is 16.6. The standard InChI is InChI=1S/C26H30O2S4/c1-25(2,23-19-11-7-5-9-17(19)13-21(23)27)15-29-31-32-30-16-26(3,4)24-20-12-8-6-10-18(20)14-22(24)28/h5-14,23-24,27-28H,15-16H2,1-4H3. The van der Waals surface area contributed by atoms with Crippen LogP contribution in [0.2, 0.25) is 0 Å². The van der Waals surface area contributed by atoms with Gasteiger partial charge in [0.1, 0.15) is 11.5 Å². The van der Waals surface area contributed by atoms with Crippen molar-refractivity contribution in [3.63, 3.8) is 0 Å². The zero-order valence-corrected chi connectivity index (χ0v) is 22.1. The molecule has 2 N–H and O–H groups in total. The van der Waals surface area contributed by atoms with Crippen LogP contribution in [-0.2, 0) is 0 Å². The zero-order chi connectivity index (χ0) is 22.9. The Balaban J connectivity index is 1.26. The minimum atomic E-state index is -0.0422. The van der Waals surface area contributed by atoms with Crippen LogP contribution in [0, 0.1) is 10.8 Å². The number of aliphatic hydroxyl groups excluding tert-OH is 2. The number of hydrogen-bond donors (Lipinski definition) is 2. The fourth-order valence-electron chi connectivity index (χ4n) is 4.81. The molecule has 2 nitrogen and oxygen atoms in total. The summed E-state index contributed by atoms with van der Waals surface area (Å²) in [6.07, 6.45) is 3.83. The number of rotatable bonds is 9. The van der Waals surface area contributed by atoms with Crippen LogP contribution in [-0.4, -0.2) is 21.7 Å². The third kappa shape index (κ3) is 4.89. The van der Waals surface area contributed by atoms with Gasteiger partial charge in [0.25, 0.3) is 0 Å². The van der Waals surface area contributed by atoms with E-state index in [9.17, 15) is 10.2 Å². The average Bonchev–Trinajstić information content (AvgIpc) is 3.26. The highest BCUT2D eigenvalue weighted by Crippen LogP contribution is 2.54. The molecule has 4 rings (SSSR count). The van der Waals surface area contributed by atoms with Gasteiger partial charge in [0, 0.05) is 23.3 Å². The molecular weight excluding hydrogens is 473 g/mol. The van der Waals surface area contributed by atoms with Crippen LogP contribution >= 0.6 is 41.2 Å². The van der Waals surface area contributed by atoms with Crippen molar-refractivity contribution < 1.29 is 10.2 Å². The second-order valence-electron chi connectivity index (χ2n) is 9.90. The summed E-state index contributed by atoms with van der Waals surface area (Å²) in [6.45, 7) is 8.96. The van der Waals surface area contributed by atoms with Crippen LogP contribution in [0.15, 0.2) is 60.0 Å². The minimum Gasteiger partial charge on any atom is -0.512 e. The predicted octanol–water partition coefficient (Wildman–Crippen LogP) is 9.11. The van der Waals surface area contributed by atoms with Gasteiger partial charge in [-0.05, 0) is 64.9 Å². The largest absolute Gasteiger partial charge is 0.512 e. The summed E-state index contributed by atoms with van der Waals surface area (Å²) in [5.41, 5.74) is 4.65. The van der Waals surface area contributed by atoms with E-state index in [0.29, 0.717) is 11.5 Å². The summed E-state index contributed by atoms with van der Waals surface area (Å²) in [4.78, 5) is 0. The molecule has 2 atom stereocenters. The molecule has 2 aromatic rings. The molecular formula is C26H30O2S4. The van der Waals surface area contributed by atoms with Crippen LogP contribution < -0.4 is 0 Å². The molecule has 0 heterocycles. The first-order valence-electron chi connectivity index (χ1n) is 10.8. The lowest BCUT2D eigenvalue weighted by atomic mass is 9.77. The molecule has 2 aliphatic carbocycles. The van der Waals surface area contributed by atoms with Crippen molar-refractivity contribution in [2.45, 2.75) is 39.5 Å². The lowest BCUT2D eigenvalue weighted by Crippen LogP contribution is -2.25. The SMILES string of the molecule is CC(C)(CSSSSCC(C)(C)C1C(O)=Cc2ccccc21)C1C(O)=Cc2ccccc21. The second kappa shape index (κ2) is 9.65. The van der Waals surface area contributed by atoms with Crippen LogP contribution in [0.4, 0.5) is 0 Å². The topological polar surface area (TPSA) is 40.5 Å². The van der Waals surface area contributed by atoms with E-state index >= 15 is 0 Å². The fourth-order valence-corrected chi connectivity index (χ4v) is 12.0. The zero-order valence-electron chi connectivity index (χ0n) is 18.9. The molecule has 2 aromatic carbocycles. The number of allylic oxidation sites excluding steroid dienone is 2. The van der Waals surface area contributed by atoms with Gasteiger partial charge in [0.2, 0.25) is 0 Å². The normalized spacial score (nSPS) is 20.0. The van der Waals surface area contributed by atoms with Crippen molar-refractivity contribution in [3.05, 3.63) is 82.3 Å². The molecule has 0 aromatic heterocycles. The highest BCUT2D eigenvalue weighted by atomic mass is 33.7. The van der Waals surface area contributed by atoms with Crippen LogP contribution in [0.1, 0.15) is 61.8 Å². The monoisotopic (exact) mass is 502 g/mol. The Hall–Kier alpha value is -1.08. The third-order valence-corrected chi connectivity index (χ3v) is 13.5. The van der Waals surface area contributed by atoms with Crippen molar-refractivity contribution in [1.29, 1.82) is 0 Å². The van der Waals surface area contributed by atoms with Gasteiger partial charge in [0.15, 0.2) is 0 Å². The average molecular weight is 503 g/mol. The van der Waals surface area contributed by atoms with Crippen molar-refractivity contribution in [2.75, 3.05) is 11.5 Å². The van der Waals surface area contributed by atoms with E-state index in [4.69, 9.17) is 0 Å². The fraction of sp³-hybridized carbons (Fsp3) is 0.385. The molecule has 0 saturated carbocycles. The first-order valence-corrected chi connectivity index (χ1v) is 15.9. The Bertz CT molecular complexity index is 958. The highest BCUT2D eigenvalue weighted by Gasteiger charge is 2.39. The molecule has 0 aliphatic heterocycles. The number of fused-ring (bicyclic) bond motifs is 2. The Morgan fingerprint density at radius 3 is 1.44 bits per heavy atom. The predicted molar refractivity (Wildman–Crippen MR) is 147 cm³/mol. The maximum absolute atomic E-state index is 10.6. The minimum absolute atomic E-state index is 0.0422. The van der Waals surface area contributed by atoms with Gasteiger partial charge in [0.05, 0.1) is 0 Å². The highest BCUT2D eigenvalue weighted by molar-refractivity contribution is 9.26. The lowest BCUT2D eigenvalue weighted by Gasteiger charge is -2.32. The quantitative estimate of drug-likeness (QED) is 0.263. The molecule has 2 aliphatic rings. The van der Waals surface area contributed by atoms with Crippen molar-refractivity contribution in [2.24, 2.45) is 10.8 Å². The van der Waals surface area contributed by atoms with E-state index in [1.54, 1.807) is 0 Å². The van der Waals surface area contributed by atoms with E-state index in [2.05, 4.69) is 64.1 Å². The molecule has 0 radical (unpaired) electrons. The number of benzene rings is 2. The van der Waals surface area contributed by atoms with Gasteiger partial charge < -0.3 is 10.2 Å². The van der Waals surface area contributed by atoms with Crippen molar-refractivity contribution in [1.82, 2.24) is 0 Å². The van der Waals surface area contributed by atoms with Gasteiger partial charge >= 0.3 is 0 Å². The Labute approximate surface area is 206 Å². The molecule has 0 saturated heterocycles. The maximum atomic E-state index is 10.6. The van der Waals surface area contributed by atoms with E-state index in [-0.39, 0.29) is 22.7 Å². The van der Waals surface area contributed by atoms with Gasteiger partial charge in [-0.2, -0.15) is 0 Å². The summed E-state index contributed by atoms with van der Waals surface area (Å²) in [5.74, 6) is 2.97. The maximum Gasteiger partial charge on any atom is 0.101 e. The summed E-state index contributed by atoms with van der Waals surface area (Å²) >= 11 is 0. The van der Waals surface area contributed by atoms with E-state index in [1.165, 1.54) is 11.1 Å². The molecule has 2 unspecified atom stereocenters. The molecule has 32 heavy (non-hydrogen) atoms. The molecule has 170 valence electrons. The Morgan fingerprint density at radius 2 is 1.03 bits per heavy atom. The Morgan fingerprint density at radius 1 is 0.656 bits per heavy atom. The first-order chi connectivity index (χ1) is 15.2. The third-order valence-electron chi connectivity index (χ3n) is 6.36. The summed E-state index contributed by atoms with van der Waals surface area (Å²) < 4.78 is 0. The van der Waals surface area contributed by atoms with E-state index < -0.39 is 0 Å². The van der Waals surface area contributed by atoms with Gasteiger partial charge in [-0.1, -0.05) is 97.8 Å². The van der Waals surface area contributed by atoms with Crippen molar-refractivity contribution >= 4 is 53.4 Å². The van der Waals surface area contributed by atoms with Gasteiger partial charge in [-0.3, -0.25) is 0 Å². The van der Waals surface area contributed by atoms with E-state index in [1.807, 2.05) is 65.5 Å². The molecule has 0 amide bonds. The molecule has 6 heteroatoms. The number of hydrogen-bond acceptors (Lipinski definition) is 6. The molecule has 0 spiro atoms. The van der Waals surface area contributed by atoms with Gasteiger partial charge in [-0.15, -0.1) is 0 Å². The smallest absolute Gasteiger partial charge is 0.101 e.